The molecule has 1 saturated heterocycles. The smallest absolute Gasteiger partial charge is 0.0932 e. The summed E-state index contributed by atoms with van der Waals surface area (Å²) in [5.41, 5.74) is 2.17. The van der Waals surface area contributed by atoms with Crippen molar-refractivity contribution in [1.82, 2.24) is 4.90 Å². The number of morpholine rings is 1. The Hall–Kier alpha value is -0.940. The highest BCUT2D eigenvalue weighted by Gasteiger charge is 2.20. The van der Waals surface area contributed by atoms with Crippen LogP contribution in [-0.2, 0) is 4.74 Å². The first-order valence-electron chi connectivity index (χ1n) is 6.88. The first kappa shape index (κ1) is 14.5. The Bertz CT molecular complexity index is 379. The first-order valence-corrected chi connectivity index (χ1v) is 6.88. The van der Waals surface area contributed by atoms with E-state index in [1.165, 1.54) is 5.56 Å². The van der Waals surface area contributed by atoms with E-state index in [9.17, 15) is 5.11 Å². The number of nitrogens with zero attached hydrogens (tertiary/aromatic N) is 1. The van der Waals surface area contributed by atoms with E-state index in [4.69, 9.17) is 9.84 Å². The predicted molar refractivity (Wildman–Crippen MR) is 74.0 cm³/mol. The molecular weight excluding hydrogens is 242 g/mol. The van der Waals surface area contributed by atoms with Crippen molar-refractivity contribution >= 4 is 0 Å². The lowest BCUT2D eigenvalue weighted by molar-refractivity contribution is -0.0551. The van der Waals surface area contributed by atoms with Crippen LogP contribution in [0.15, 0.2) is 24.3 Å². The first-order chi connectivity index (χ1) is 9.19. The maximum absolute atomic E-state index is 10.2. The Morgan fingerprint density at radius 2 is 2.11 bits per heavy atom. The number of benzene rings is 1. The second kappa shape index (κ2) is 7.01. The van der Waals surface area contributed by atoms with Gasteiger partial charge in [-0.1, -0.05) is 29.8 Å². The van der Waals surface area contributed by atoms with Crippen LogP contribution in [-0.4, -0.2) is 54.1 Å². The van der Waals surface area contributed by atoms with Crippen molar-refractivity contribution in [3.8, 4) is 0 Å². The van der Waals surface area contributed by atoms with Gasteiger partial charge in [0.2, 0.25) is 0 Å². The molecule has 4 nitrogen and oxygen atoms in total. The molecule has 19 heavy (non-hydrogen) atoms. The van der Waals surface area contributed by atoms with Crippen LogP contribution in [0.5, 0.6) is 0 Å². The summed E-state index contributed by atoms with van der Waals surface area (Å²) in [6.07, 6.45) is 0.211. The summed E-state index contributed by atoms with van der Waals surface area (Å²) in [7, 11) is 0. The summed E-state index contributed by atoms with van der Waals surface area (Å²) >= 11 is 0. The van der Waals surface area contributed by atoms with Gasteiger partial charge >= 0.3 is 0 Å². The van der Waals surface area contributed by atoms with Crippen LogP contribution >= 0.6 is 0 Å². The van der Waals surface area contributed by atoms with Gasteiger partial charge < -0.3 is 14.9 Å². The zero-order valence-electron chi connectivity index (χ0n) is 11.5. The summed E-state index contributed by atoms with van der Waals surface area (Å²) in [6.45, 7) is 5.21. The van der Waals surface area contributed by atoms with Crippen LogP contribution < -0.4 is 0 Å². The topological polar surface area (TPSA) is 52.9 Å². The molecule has 1 aromatic rings. The van der Waals surface area contributed by atoms with E-state index in [0.29, 0.717) is 13.0 Å². The van der Waals surface area contributed by atoms with Crippen molar-refractivity contribution in [1.29, 1.82) is 0 Å². The van der Waals surface area contributed by atoms with Gasteiger partial charge in [-0.15, -0.1) is 0 Å². The third-order valence-electron chi connectivity index (χ3n) is 3.61. The van der Waals surface area contributed by atoms with Gasteiger partial charge in [0.25, 0.3) is 0 Å². The molecule has 106 valence electrons. The number of hydrogen-bond acceptors (Lipinski definition) is 4. The largest absolute Gasteiger partial charge is 0.394 e. The molecule has 1 fully saturated rings. The molecule has 0 aliphatic carbocycles. The lowest BCUT2D eigenvalue weighted by Crippen LogP contribution is -2.44. The summed E-state index contributed by atoms with van der Waals surface area (Å²) in [5.74, 6) is 0. The maximum Gasteiger partial charge on any atom is 0.0932 e. The predicted octanol–water partition coefficient (Wildman–Crippen LogP) is 1.11. The zero-order valence-corrected chi connectivity index (χ0v) is 11.5. The van der Waals surface area contributed by atoms with E-state index < -0.39 is 6.10 Å². The van der Waals surface area contributed by atoms with E-state index in [1.54, 1.807) is 0 Å². The van der Waals surface area contributed by atoms with Crippen molar-refractivity contribution in [2.45, 2.75) is 25.6 Å². The molecular formula is C15H23NO3. The lowest BCUT2D eigenvalue weighted by atomic mass is 10.0. The van der Waals surface area contributed by atoms with Crippen molar-refractivity contribution in [3.05, 3.63) is 35.4 Å². The summed E-state index contributed by atoms with van der Waals surface area (Å²) < 4.78 is 5.41. The standard InChI is InChI=1S/C15H23NO3/c1-12-2-4-13(5-3-12)15(18)6-7-16-8-9-19-14(10-16)11-17/h2-5,14-15,17-18H,6-11H2,1H3. The quantitative estimate of drug-likeness (QED) is 0.837. The molecule has 1 aromatic carbocycles. The lowest BCUT2D eigenvalue weighted by Gasteiger charge is -2.32. The van der Waals surface area contributed by atoms with E-state index in [0.717, 1.165) is 25.2 Å². The van der Waals surface area contributed by atoms with Crippen molar-refractivity contribution in [2.24, 2.45) is 0 Å². The van der Waals surface area contributed by atoms with Crippen molar-refractivity contribution in [3.63, 3.8) is 0 Å². The molecule has 0 aromatic heterocycles. The molecule has 2 rings (SSSR count). The third kappa shape index (κ3) is 4.28. The van der Waals surface area contributed by atoms with E-state index in [-0.39, 0.29) is 12.7 Å². The maximum atomic E-state index is 10.2. The van der Waals surface area contributed by atoms with Crippen LogP contribution in [0.3, 0.4) is 0 Å². The normalized spacial score (nSPS) is 22.4. The minimum Gasteiger partial charge on any atom is -0.394 e. The van der Waals surface area contributed by atoms with Crippen LogP contribution in [0.25, 0.3) is 0 Å². The highest BCUT2D eigenvalue weighted by molar-refractivity contribution is 5.23. The number of rotatable bonds is 5. The fourth-order valence-electron chi connectivity index (χ4n) is 2.35. The third-order valence-corrected chi connectivity index (χ3v) is 3.61. The molecule has 0 spiro atoms. The van der Waals surface area contributed by atoms with Gasteiger partial charge in [0.15, 0.2) is 0 Å². The minimum atomic E-state index is -0.420. The average Bonchev–Trinajstić information content (AvgIpc) is 2.46. The molecule has 0 radical (unpaired) electrons. The Morgan fingerprint density at radius 1 is 1.37 bits per heavy atom. The zero-order chi connectivity index (χ0) is 13.7. The van der Waals surface area contributed by atoms with Crippen LogP contribution in [0.2, 0.25) is 0 Å². The van der Waals surface area contributed by atoms with Crippen LogP contribution in [0.4, 0.5) is 0 Å². The van der Waals surface area contributed by atoms with Gasteiger partial charge in [-0.05, 0) is 18.9 Å². The van der Waals surface area contributed by atoms with Crippen LogP contribution in [0, 0.1) is 6.92 Å². The second-order valence-corrected chi connectivity index (χ2v) is 5.19. The summed E-state index contributed by atoms with van der Waals surface area (Å²) in [6, 6.07) is 8.01. The fourth-order valence-corrected chi connectivity index (χ4v) is 2.35. The number of aliphatic hydroxyl groups excluding tert-OH is 2. The highest BCUT2D eigenvalue weighted by atomic mass is 16.5. The number of ether oxygens (including phenoxy) is 1. The summed E-state index contributed by atoms with van der Waals surface area (Å²) in [4.78, 5) is 2.24. The van der Waals surface area contributed by atoms with Gasteiger partial charge in [0.1, 0.15) is 0 Å². The molecule has 1 aliphatic heterocycles. The fraction of sp³-hybridized carbons (Fsp3) is 0.600. The van der Waals surface area contributed by atoms with E-state index in [1.807, 2.05) is 31.2 Å². The molecule has 0 amide bonds. The van der Waals surface area contributed by atoms with Gasteiger partial charge in [0, 0.05) is 19.6 Å². The second-order valence-electron chi connectivity index (χ2n) is 5.19. The Labute approximate surface area is 114 Å². The van der Waals surface area contributed by atoms with Gasteiger partial charge in [-0.25, -0.2) is 0 Å². The molecule has 1 heterocycles. The number of aryl methyl sites for hydroxylation is 1. The van der Waals surface area contributed by atoms with Crippen LogP contribution in [0.1, 0.15) is 23.7 Å². The van der Waals surface area contributed by atoms with E-state index >= 15 is 0 Å². The minimum absolute atomic E-state index is 0.0665. The number of hydrogen-bond donors (Lipinski definition) is 2. The highest BCUT2D eigenvalue weighted by Crippen LogP contribution is 2.18. The molecule has 2 N–H and O–H groups in total. The molecule has 1 aliphatic rings. The van der Waals surface area contributed by atoms with E-state index in [2.05, 4.69) is 4.90 Å². The Balaban J connectivity index is 1.79. The summed E-state index contributed by atoms with van der Waals surface area (Å²) in [5, 5.41) is 19.2. The molecule has 4 heteroatoms. The Morgan fingerprint density at radius 3 is 2.79 bits per heavy atom. The molecule has 0 bridgehead atoms. The average molecular weight is 265 g/mol. The van der Waals surface area contributed by atoms with Gasteiger partial charge in [-0.2, -0.15) is 0 Å². The monoisotopic (exact) mass is 265 g/mol. The number of aliphatic hydroxyl groups is 2. The SMILES string of the molecule is Cc1ccc(C(O)CCN2CCOC(CO)C2)cc1. The van der Waals surface area contributed by atoms with Crippen molar-refractivity contribution in [2.75, 3.05) is 32.8 Å². The Kier molecular flexibility index (Phi) is 5.34. The molecule has 2 atom stereocenters. The van der Waals surface area contributed by atoms with Gasteiger partial charge in [0.05, 0.1) is 25.4 Å². The molecule has 2 unspecified atom stereocenters. The van der Waals surface area contributed by atoms with Crippen molar-refractivity contribution < 1.29 is 14.9 Å². The van der Waals surface area contributed by atoms with Gasteiger partial charge in [-0.3, -0.25) is 4.90 Å². The molecule has 0 saturated carbocycles.